The van der Waals surface area contributed by atoms with E-state index >= 15 is 0 Å². The van der Waals surface area contributed by atoms with Gasteiger partial charge >= 0.3 is 0 Å². The standard InChI is InChI=1S/C9H12IN/c1-7(11-2)8-5-3-4-6-9(8)10/h3-7,11H,1-2H3. The van der Waals surface area contributed by atoms with E-state index < -0.39 is 0 Å². The predicted octanol–water partition coefficient (Wildman–Crippen LogP) is 2.57. The van der Waals surface area contributed by atoms with Crippen LogP contribution in [-0.2, 0) is 0 Å². The Kier molecular flexibility index (Phi) is 3.33. The Morgan fingerprint density at radius 3 is 2.55 bits per heavy atom. The Balaban J connectivity index is 2.93. The largest absolute Gasteiger partial charge is 0.313 e. The Bertz CT molecular complexity index is 235. The highest BCUT2D eigenvalue weighted by molar-refractivity contribution is 14.1. The minimum Gasteiger partial charge on any atom is -0.313 e. The second-order valence-corrected chi connectivity index (χ2v) is 3.69. The summed E-state index contributed by atoms with van der Waals surface area (Å²) in [6, 6.07) is 8.87. The lowest BCUT2D eigenvalue weighted by Gasteiger charge is -2.11. The van der Waals surface area contributed by atoms with Gasteiger partial charge < -0.3 is 5.32 Å². The zero-order valence-corrected chi connectivity index (χ0v) is 8.92. The van der Waals surface area contributed by atoms with Gasteiger partial charge in [-0.25, -0.2) is 0 Å². The number of hydrogen-bond donors (Lipinski definition) is 1. The normalized spacial score (nSPS) is 13.0. The third-order valence-electron chi connectivity index (χ3n) is 1.80. The van der Waals surface area contributed by atoms with Gasteiger partial charge in [-0.15, -0.1) is 0 Å². The van der Waals surface area contributed by atoms with E-state index in [4.69, 9.17) is 0 Å². The molecular weight excluding hydrogens is 249 g/mol. The van der Waals surface area contributed by atoms with Crippen LogP contribution in [0.4, 0.5) is 0 Å². The molecule has 2 heteroatoms. The summed E-state index contributed by atoms with van der Waals surface area (Å²) >= 11 is 2.36. The summed E-state index contributed by atoms with van der Waals surface area (Å²) in [6.45, 7) is 2.16. The van der Waals surface area contributed by atoms with Crippen molar-refractivity contribution in [2.24, 2.45) is 0 Å². The molecular formula is C9H12IN. The SMILES string of the molecule is CNC(C)c1ccccc1I. The molecule has 0 bridgehead atoms. The van der Waals surface area contributed by atoms with Gasteiger partial charge in [0, 0.05) is 9.61 Å². The van der Waals surface area contributed by atoms with E-state index in [-0.39, 0.29) is 0 Å². The lowest BCUT2D eigenvalue weighted by atomic mass is 10.1. The van der Waals surface area contributed by atoms with Crippen molar-refractivity contribution in [1.29, 1.82) is 0 Å². The third kappa shape index (κ3) is 2.17. The molecule has 0 heterocycles. The second-order valence-electron chi connectivity index (χ2n) is 2.53. The maximum atomic E-state index is 3.22. The van der Waals surface area contributed by atoms with Crippen LogP contribution in [-0.4, -0.2) is 7.05 Å². The van der Waals surface area contributed by atoms with Crippen LogP contribution in [0.5, 0.6) is 0 Å². The van der Waals surface area contributed by atoms with Crippen LogP contribution in [0.15, 0.2) is 24.3 Å². The van der Waals surface area contributed by atoms with E-state index in [1.807, 2.05) is 7.05 Å². The first kappa shape index (κ1) is 9.00. The zero-order valence-electron chi connectivity index (χ0n) is 6.76. The summed E-state index contributed by atoms with van der Waals surface area (Å²) in [6.07, 6.45) is 0. The molecule has 0 fully saturated rings. The Morgan fingerprint density at radius 1 is 1.36 bits per heavy atom. The van der Waals surface area contributed by atoms with E-state index in [1.165, 1.54) is 9.13 Å². The Labute approximate surface area is 81.3 Å². The Hall–Kier alpha value is -0.0900. The molecule has 0 spiro atoms. The summed E-state index contributed by atoms with van der Waals surface area (Å²) in [5.74, 6) is 0. The molecule has 0 saturated heterocycles. The molecule has 1 N–H and O–H groups in total. The van der Waals surface area contributed by atoms with Gasteiger partial charge in [-0.3, -0.25) is 0 Å². The lowest BCUT2D eigenvalue weighted by Crippen LogP contribution is -2.13. The first-order valence-corrected chi connectivity index (χ1v) is 4.75. The fourth-order valence-corrected chi connectivity index (χ4v) is 1.84. The highest BCUT2D eigenvalue weighted by atomic mass is 127. The molecule has 60 valence electrons. The summed E-state index contributed by atoms with van der Waals surface area (Å²) in [7, 11) is 1.98. The van der Waals surface area contributed by atoms with Gasteiger partial charge in [0.2, 0.25) is 0 Å². The number of benzene rings is 1. The maximum Gasteiger partial charge on any atom is 0.0299 e. The average Bonchev–Trinajstić information content (AvgIpc) is 2.04. The monoisotopic (exact) mass is 261 g/mol. The van der Waals surface area contributed by atoms with Gasteiger partial charge in [0.1, 0.15) is 0 Å². The first-order chi connectivity index (χ1) is 5.25. The van der Waals surface area contributed by atoms with Gasteiger partial charge in [0.15, 0.2) is 0 Å². The molecule has 1 rings (SSSR count). The highest BCUT2D eigenvalue weighted by Crippen LogP contribution is 2.18. The smallest absolute Gasteiger partial charge is 0.0299 e. The predicted molar refractivity (Wildman–Crippen MR) is 56.6 cm³/mol. The Morgan fingerprint density at radius 2 is 2.00 bits per heavy atom. The molecule has 1 aromatic carbocycles. The van der Waals surface area contributed by atoms with Crippen molar-refractivity contribution in [3.63, 3.8) is 0 Å². The van der Waals surface area contributed by atoms with Gasteiger partial charge in [-0.2, -0.15) is 0 Å². The molecule has 1 nitrogen and oxygen atoms in total. The summed E-state index contributed by atoms with van der Waals surface area (Å²) < 4.78 is 1.33. The van der Waals surface area contributed by atoms with E-state index in [9.17, 15) is 0 Å². The third-order valence-corrected chi connectivity index (χ3v) is 2.79. The highest BCUT2D eigenvalue weighted by Gasteiger charge is 2.04. The van der Waals surface area contributed by atoms with Crippen molar-refractivity contribution < 1.29 is 0 Å². The van der Waals surface area contributed by atoms with Crippen LogP contribution >= 0.6 is 22.6 Å². The fourth-order valence-electron chi connectivity index (χ4n) is 0.982. The van der Waals surface area contributed by atoms with Crippen molar-refractivity contribution >= 4 is 22.6 Å². The number of hydrogen-bond acceptors (Lipinski definition) is 1. The van der Waals surface area contributed by atoms with Crippen molar-refractivity contribution in [3.05, 3.63) is 33.4 Å². The van der Waals surface area contributed by atoms with Crippen LogP contribution in [0.25, 0.3) is 0 Å². The van der Waals surface area contributed by atoms with E-state index in [2.05, 4.69) is 59.1 Å². The summed E-state index contributed by atoms with van der Waals surface area (Å²) in [4.78, 5) is 0. The van der Waals surface area contributed by atoms with Crippen LogP contribution in [0, 0.1) is 3.57 Å². The summed E-state index contributed by atoms with van der Waals surface area (Å²) in [5.41, 5.74) is 1.37. The fraction of sp³-hybridized carbons (Fsp3) is 0.333. The van der Waals surface area contributed by atoms with Crippen molar-refractivity contribution in [3.8, 4) is 0 Å². The average molecular weight is 261 g/mol. The molecule has 1 atom stereocenters. The minimum atomic E-state index is 0.447. The molecule has 0 aliphatic heterocycles. The zero-order chi connectivity index (χ0) is 8.27. The van der Waals surface area contributed by atoms with Crippen LogP contribution in [0.1, 0.15) is 18.5 Å². The molecule has 0 radical (unpaired) electrons. The van der Waals surface area contributed by atoms with E-state index in [0.29, 0.717) is 6.04 Å². The molecule has 1 aromatic rings. The van der Waals surface area contributed by atoms with Crippen molar-refractivity contribution in [1.82, 2.24) is 5.32 Å². The molecule has 0 aliphatic carbocycles. The quantitative estimate of drug-likeness (QED) is 0.807. The van der Waals surface area contributed by atoms with Crippen molar-refractivity contribution in [2.45, 2.75) is 13.0 Å². The van der Waals surface area contributed by atoms with Gasteiger partial charge in [-0.05, 0) is 48.2 Å². The molecule has 0 aromatic heterocycles. The van der Waals surface area contributed by atoms with E-state index in [0.717, 1.165) is 0 Å². The number of nitrogens with one attached hydrogen (secondary N) is 1. The van der Waals surface area contributed by atoms with E-state index in [1.54, 1.807) is 0 Å². The number of rotatable bonds is 2. The van der Waals surface area contributed by atoms with Crippen molar-refractivity contribution in [2.75, 3.05) is 7.05 Å². The number of halogens is 1. The molecule has 0 saturated carbocycles. The van der Waals surface area contributed by atoms with Gasteiger partial charge in [0.05, 0.1) is 0 Å². The molecule has 1 unspecified atom stereocenters. The lowest BCUT2D eigenvalue weighted by molar-refractivity contribution is 0.649. The van der Waals surface area contributed by atoms with Gasteiger partial charge in [-0.1, -0.05) is 18.2 Å². The molecule has 0 amide bonds. The summed E-state index contributed by atoms with van der Waals surface area (Å²) in [5, 5.41) is 3.22. The molecule has 11 heavy (non-hydrogen) atoms. The van der Waals surface area contributed by atoms with Crippen LogP contribution in [0.3, 0.4) is 0 Å². The molecule has 0 aliphatic rings. The first-order valence-electron chi connectivity index (χ1n) is 3.67. The topological polar surface area (TPSA) is 12.0 Å². The minimum absolute atomic E-state index is 0.447. The maximum absolute atomic E-state index is 3.22. The second kappa shape index (κ2) is 4.07. The van der Waals surface area contributed by atoms with Crippen LogP contribution in [0.2, 0.25) is 0 Å². The van der Waals surface area contributed by atoms with Crippen LogP contribution < -0.4 is 5.32 Å². The van der Waals surface area contributed by atoms with Gasteiger partial charge in [0.25, 0.3) is 0 Å².